The number of anilines is 1. The lowest BCUT2D eigenvalue weighted by atomic mass is 10.1. The Kier molecular flexibility index (Phi) is 4.53. The van der Waals surface area contributed by atoms with Gasteiger partial charge in [0.25, 0.3) is 0 Å². The van der Waals surface area contributed by atoms with Gasteiger partial charge < -0.3 is 9.73 Å². The van der Waals surface area contributed by atoms with Gasteiger partial charge in [0.15, 0.2) is 0 Å². The zero-order valence-electron chi connectivity index (χ0n) is 12.1. The van der Waals surface area contributed by atoms with Gasteiger partial charge in [-0.3, -0.25) is 4.79 Å². The molecule has 0 radical (unpaired) electrons. The Labute approximate surface area is 148 Å². The molecular formula is C17H12Cl3NO2. The maximum absolute atomic E-state index is 12.3. The van der Waals surface area contributed by atoms with Gasteiger partial charge in [-0.2, -0.15) is 0 Å². The van der Waals surface area contributed by atoms with Gasteiger partial charge in [-0.15, -0.1) is 0 Å². The average Bonchev–Trinajstić information content (AvgIpc) is 2.85. The maximum atomic E-state index is 12.3. The number of nitrogens with one attached hydrogen (secondary N) is 1. The largest absolute Gasteiger partial charge is 0.464 e. The summed E-state index contributed by atoms with van der Waals surface area (Å²) in [5, 5.41) is 5.14. The molecule has 0 fully saturated rings. The summed E-state index contributed by atoms with van der Waals surface area (Å²) in [4.78, 5) is 12.3. The van der Waals surface area contributed by atoms with Crippen molar-refractivity contribution in [2.75, 3.05) is 5.32 Å². The minimum atomic E-state index is -0.214. The Morgan fingerprint density at radius 2 is 1.91 bits per heavy atom. The quantitative estimate of drug-likeness (QED) is 0.627. The zero-order chi connectivity index (χ0) is 16.6. The van der Waals surface area contributed by atoms with E-state index in [1.807, 2.05) is 19.1 Å². The lowest BCUT2D eigenvalue weighted by Crippen LogP contribution is -2.14. The van der Waals surface area contributed by atoms with Gasteiger partial charge in [-0.1, -0.05) is 34.8 Å². The van der Waals surface area contributed by atoms with Gasteiger partial charge >= 0.3 is 0 Å². The number of fused-ring (bicyclic) bond motifs is 1. The molecule has 3 rings (SSSR count). The van der Waals surface area contributed by atoms with Gasteiger partial charge in [-0.05, 0) is 42.8 Å². The first kappa shape index (κ1) is 16.2. The fourth-order valence-corrected chi connectivity index (χ4v) is 2.80. The summed E-state index contributed by atoms with van der Waals surface area (Å²) in [6.07, 6.45) is 1.72. The highest BCUT2D eigenvalue weighted by atomic mass is 35.5. The number of furan rings is 1. The van der Waals surface area contributed by atoms with Crippen LogP contribution >= 0.6 is 34.8 Å². The standard InChI is InChI=1S/C17H12Cl3NO2/c1-9-4-16-12(7-14(9)20)10(8-23-16)5-17(22)21-15-6-11(18)2-3-13(15)19/h2-4,6-8H,5H2,1H3,(H,21,22). The summed E-state index contributed by atoms with van der Waals surface area (Å²) < 4.78 is 5.49. The molecule has 0 bridgehead atoms. The van der Waals surface area contributed by atoms with E-state index in [4.69, 9.17) is 39.2 Å². The van der Waals surface area contributed by atoms with E-state index >= 15 is 0 Å². The Morgan fingerprint density at radius 1 is 1.13 bits per heavy atom. The first-order valence-electron chi connectivity index (χ1n) is 6.85. The number of aryl methyl sites for hydroxylation is 1. The number of hydrogen-bond acceptors (Lipinski definition) is 2. The van der Waals surface area contributed by atoms with E-state index in [-0.39, 0.29) is 12.3 Å². The molecule has 0 saturated heterocycles. The molecule has 0 unspecified atom stereocenters. The molecule has 1 N–H and O–H groups in total. The van der Waals surface area contributed by atoms with Crippen molar-refractivity contribution in [3.8, 4) is 0 Å². The van der Waals surface area contributed by atoms with E-state index in [0.29, 0.717) is 26.3 Å². The highest BCUT2D eigenvalue weighted by Gasteiger charge is 2.13. The maximum Gasteiger partial charge on any atom is 0.228 e. The summed E-state index contributed by atoms with van der Waals surface area (Å²) in [6.45, 7) is 1.90. The van der Waals surface area contributed by atoms with Gasteiger partial charge in [0.1, 0.15) is 5.58 Å². The van der Waals surface area contributed by atoms with Gasteiger partial charge in [0, 0.05) is 21.0 Å². The molecule has 3 nitrogen and oxygen atoms in total. The number of carbonyl (C=O) groups excluding carboxylic acids is 1. The third-order valence-electron chi connectivity index (χ3n) is 3.49. The predicted molar refractivity (Wildman–Crippen MR) is 94.8 cm³/mol. The Bertz CT molecular complexity index is 902. The molecule has 0 aliphatic carbocycles. The monoisotopic (exact) mass is 367 g/mol. The van der Waals surface area contributed by atoms with Crippen molar-refractivity contribution in [1.29, 1.82) is 0 Å². The van der Waals surface area contributed by atoms with Crippen molar-refractivity contribution in [2.24, 2.45) is 0 Å². The second kappa shape index (κ2) is 6.44. The summed E-state index contributed by atoms with van der Waals surface area (Å²) in [5.41, 5.74) is 2.87. The average molecular weight is 369 g/mol. The van der Waals surface area contributed by atoms with E-state index in [9.17, 15) is 4.79 Å². The van der Waals surface area contributed by atoms with E-state index < -0.39 is 0 Å². The van der Waals surface area contributed by atoms with Crippen LogP contribution in [0.5, 0.6) is 0 Å². The lowest BCUT2D eigenvalue weighted by Gasteiger charge is -2.07. The van der Waals surface area contributed by atoms with E-state index in [0.717, 1.165) is 16.5 Å². The Balaban J connectivity index is 1.83. The topological polar surface area (TPSA) is 42.2 Å². The molecule has 3 aromatic rings. The van der Waals surface area contributed by atoms with Crippen LogP contribution in [-0.2, 0) is 11.2 Å². The molecule has 23 heavy (non-hydrogen) atoms. The summed E-state index contributed by atoms with van der Waals surface area (Å²) >= 11 is 18.1. The van der Waals surface area contributed by atoms with Gasteiger partial charge in [0.05, 0.1) is 23.4 Å². The Morgan fingerprint density at radius 3 is 2.70 bits per heavy atom. The molecule has 6 heteroatoms. The minimum Gasteiger partial charge on any atom is -0.464 e. The molecule has 1 heterocycles. The molecule has 0 aliphatic rings. The molecule has 0 spiro atoms. The van der Waals surface area contributed by atoms with Crippen LogP contribution in [0.3, 0.4) is 0 Å². The third kappa shape index (κ3) is 3.47. The van der Waals surface area contributed by atoms with Crippen LogP contribution in [0.15, 0.2) is 41.0 Å². The van der Waals surface area contributed by atoms with Crippen molar-refractivity contribution in [2.45, 2.75) is 13.3 Å². The number of benzene rings is 2. The third-order valence-corrected chi connectivity index (χ3v) is 4.46. The number of hydrogen-bond donors (Lipinski definition) is 1. The Hall–Kier alpha value is -1.68. The highest BCUT2D eigenvalue weighted by molar-refractivity contribution is 6.35. The highest BCUT2D eigenvalue weighted by Crippen LogP contribution is 2.29. The van der Waals surface area contributed by atoms with E-state index in [2.05, 4.69) is 5.32 Å². The zero-order valence-corrected chi connectivity index (χ0v) is 14.4. The molecule has 0 saturated carbocycles. The first-order chi connectivity index (χ1) is 10.9. The van der Waals surface area contributed by atoms with Crippen molar-refractivity contribution in [3.05, 3.63) is 62.8 Å². The number of carbonyl (C=O) groups is 1. The SMILES string of the molecule is Cc1cc2occ(CC(=O)Nc3cc(Cl)ccc3Cl)c2cc1Cl. The normalized spacial score (nSPS) is 11.0. The molecule has 2 aromatic carbocycles. The van der Waals surface area contributed by atoms with Gasteiger partial charge in [-0.25, -0.2) is 0 Å². The molecule has 1 amide bonds. The van der Waals surface area contributed by atoms with Crippen LogP contribution in [0, 0.1) is 6.92 Å². The van der Waals surface area contributed by atoms with Crippen LogP contribution in [-0.4, -0.2) is 5.91 Å². The molecule has 1 aromatic heterocycles. The van der Waals surface area contributed by atoms with Crippen LogP contribution in [0.4, 0.5) is 5.69 Å². The van der Waals surface area contributed by atoms with Crippen LogP contribution in [0.25, 0.3) is 11.0 Å². The van der Waals surface area contributed by atoms with E-state index in [1.165, 1.54) is 0 Å². The number of amides is 1. The molecular weight excluding hydrogens is 357 g/mol. The smallest absolute Gasteiger partial charge is 0.228 e. The first-order valence-corrected chi connectivity index (χ1v) is 7.98. The summed E-state index contributed by atoms with van der Waals surface area (Å²) in [6, 6.07) is 8.57. The molecule has 0 aliphatic heterocycles. The molecule has 0 atom stereocenters. The second-order valence-corrected chi connectivity index (χ2v) is 6.46. The lowest BCUT2D eigenvalue weighted by molar-refractivity contribution is -0.115. The fourth-order valence-electron chi connectivity index (χ4n) is 2.30. The number of halogens is 3. The summed E-state index contributed by atoms with van der Waals surface area (Å²) in [7, 11) is 0. The predicted octanol–water partition coefficient (Wildman–Crippen LogP) is 5.88. The van der Waals surface area contributed by atoms with Crippen LogP contribution in [0.1, 0.15) is 11.1 Å². The summed E-state index contributed by atoms with van der Waals surface area (Å²) in [5.74, 6) is -0.214. The van der Waals surface area contributed by atoms with Gasteiger partial charge in [0.2, 0.25) is 5.91 Å². The fraction of sp³-hybridized carbons (Fsp3) is 0.118. The van der Waals surface area contributed by atoms with Crippen molar-refractivity contribution in [3.63, 3.8) is 0 Å². The van der Waals surface area contributed by atoms with Crippen LogP contribution in [0.2, 0.25) is 15.1 Å². The number of rotatable bonds is 3. The van der Waals surface area contributed by atoms with Crippen molar-refractivity contribution < 1.29 is 9.21 Å². The van der Waals surface area contributed by atoms with E-state index in [1.54, 1.807) is 24.5 Å². The second-order valence-electron chi connectivity index (χ2n) is 5.21. The molecule has 118 valence electrons. The van der Waals surface area contributed by atoms with Crippen molar-refractivity contribution in [1.82, 2.24) is 0 Å². The van der Waals surface area contributed by atoms with Crippen molar-refractivity contribution >= 4 is 57.4 Å². The minimum absolute atomic E-state index is 0.148. The van der Waals surface area contributed by atoms with Crippen LogP contribution < -0.4 is 5.32 Å².